The first-order valence-electron chi connectivity index (χ1n) is 8.41. The number of sulfone groups is 1. The van der Waals surface area contributed by atoms with Crippen molar-refractivity contribution in [3.05, 3.63) is 46.9 Å². The summed E-state index contributed by atoms with van der Waals surface area (Å²) < 4.78 is 49.7. The van der Waals surface area contributed by atoms with Crippen molar-refractivity contribution in [2.75, 3.05) is 31.4 Å². The average Bonchev–Trinajstić information content (AvgIpc) is 3.15. The lowest BCUT2D eigenvalue weighted by Crippen LogP contribution is -2.19. The van der Waals surface area contributed by atoms with Crippen LogP contribution in [-0.2, 0) is 14.6 Å². The summed E-state index contributed by atoms with van der Waals surface area (Å²) in [6.45, 7) is 0.931. The van der Waals surface area contributed by atoms with Gasteiger partial charge in [-0.25, -0.2) is 17.8 Å². The van der Waals surface area contributed by atoms with Crippen LogP contribution in [0.15, 0.2) is 35.4 Å². The summed E-state index contributed by atoms with van der Waals surface area (Å²) in [5.74, 6) is -1.91. The average molecular weight is 429 g/mol. The number of ether oxygens (including phenoxy) is 2. The van der Waals surface area contributed by atoms with Crippen LogP contribution in [0.3, 0.4) is 0 Å². The molecule has 0 aliphatic carbocycles. The number of amides is 1. The number of carbonyl (C=O) groups is 1. The zero-order valence-corrected chi connectivity index (χ0v) is 16.5. The molecule has 10 heteroatoms. The van der Waals surface area contributed by atoms with Crippen molar-refractivity contribution in [2.45, 2.75) is 11.3 Å². The fourth-order valence-electron chi connectivity index (χ4n) is 2.86. The van der Waals surface area contributed by atoms with E-state index in [1.54, 1.807) is 0 Å². The highest BCUT2D eigenvalue weighted by Gasteiger charge is 2.26. The number of nitrogens with zero attached hydrogens (tertiary/aromatic N) is 1. The van der Waals surface area contributed by atoms with Crippen LogP contribution in [0.5, 0.6) is 5.75 Å². The third kappa shape index (κ3) is 4.60. The van der Waals surface area contributed by atoms with Crippen LogP contribution >= 0.6 is 11.6 Å². The second-order valence-electron chi connectivity index (χ2n) is 6.31. The van der Waals surface area contributed by atoms with Crippen molar-refractivity contribution in [1.29, 1.82) is 0 Å². The zero-order chi connectivity index (χ0) is 20.3. The highest BCUT2D eigenvalue weighted by atomic mass is 35.5. The first kappa shape index (κ1) is 20.5. The van der Waals surface area contributed by atoms with Crippen LogP contribution in [0.4, 0.5) is 10.2 Å². The van der Waals surface area contributed by atoms with Gasteiger partial charge in [-0.15, -0.1) is 0 Å². The molecule has 1 aliphatic rings. The number of halogens is 2. The van der Waals surface area contributed by atoms with Crippen molar-refractivity contribution in [3.63, 3.8) is 0 Å². The number of hydrogen-bond donors (Lipinski definition) is 1. The maximum atomic E-state index is 13.9. The van der Waals surface area contributed by atoms with Crippen LogP contribution < -0.4 is 10.1 Å². The second-order valence-corrected chi connectivity index (χ2v) is 8.78. The Balaban J connectivity index is 1.88. The molecule has 0 bridgehead atoms. The summed E-state index contributed by atoms with van der Waals surface area (Å²) in [6.07, 6.45) is 1.85. The molecule has 1 N–H and O–H groups in total. The SMILES string of the molecule is COc1ccc(S(=O)(=O)C[C@H]2CCOC2)cc1C(=O)Nc1ncc(Cl)cc1F. The monoisotopic (exact) mass is 428 g/mol. The van der Waals surface area contributed by atoms with Crippen molar-refractivity contribution < 1.29 is 27.1 Å². The first-order chi connectivity index (χ1) is 13.3. The minimum Gasteiger partial charge on any atom is -0.496 e. The molecule has 0 radical (unpaired) electrons. The number of carbonyl (C=O) groups excluding carboxylic acids is 1. The van der Waals surface area contributed by atoms with Gasteiger partial charge in [-0.3, -0.25) is 4.79 Å². The third-order valence-corrected chi connectivity index (χ3v) is 6.38. The minimum absolute atomic E-state index is 0.0186. The Labute approximate surface area is 166 Å². The number of methoxy groups -OCH3 is 1. The maximum Gasteiger partial charge on any atom is 0.260 e. The van der Waals surface area contributed by atoms with Gasteiger partial charge in [0.2, 0.25) is 0 Å². The van der Waals surface area contributed by atoms with Gasteiger partial charge in [0.05, 0.1) is 35.0 Å². The summed E-state index contributed by atoms with van der Waals surface area (Å²) in [5.41, 5.74) is -0.0533. The first-order valence-corrected chi connectivity index (χ1v) is 10.4. The van der Waals surface area contributed by atoms with Crippen molar-refractivity contribution in [2.24, 2.45) is 5.92 Å². The van der Waals surface area contributed by atoms with Crippen molar-refractivity contribution in [3.8, 4) is 5.75 Å². The third-order valence-electron chi connectivity index (χ3n) is 4.29. The summed E-state index contributed by atoms with van der Waals surface area (Å²) in [4.78, 5) is 16.3. The molecule has 150 valence electrons. The predicted molar refractivity (Wildman–Crippen MR) is 101 cm³/mol. The van der Waals surface area contributed by atoms with E-state index in [4.69, 9.17) is 21.1 Å². The van der Waals surface area contributed by atoms with Crippen LogP contribution in [-0.4, -0.2) is 45.4 Å². The molecule has 28 heavy (non-hydrogen) atoms. The molecule has 1 aliphatic heterocycles. The molecule has 1 fully saturated rings. The predicted octanol–water partition coefficient (Wildman–Crippen LogP) is 2.95. The molecule has 1 amide bonds. The Morgan fingerprint density at radius 1 is 1.43 bits per heavy atom. The Morgan fingerprint density at radius 2 is 2.21 bits per heavy atom. The van der Waals surface area contributed by atoms with Gasteiger partial charge in [0, 0.05) is 12.8 Å². The lowest BCUT2D eigenvalue weighted by Gasteiger charge is -2.13. The number of aromatic nitrogens is 1. The van der Waals surface area contributed by atoms with Crippen molar-refractivity contribution in [1.82, 2.24) is 4.98 Å². The van der Waals surface area contributed by atoms with Crippen LogP contribution in [0.25, 0.3) is 0 Å². The van der Waals surface area contributed by atoms with E-state index in [0.717, 1.165) is 6.07 Å². The van der Waals surface area contributed by atoms with E-state index in [2.05, 4.69) is 10.3 Å². The number of pyridine rings is 1. The van der Waals surface area contributed by atoms with Gasteiger partial charge in [0.1, 0.15) is 5.75 Å². The Morgan fingerprint density at radius 3 is 2.86 bits per heavy atom. The van der Waals surface area contributed by atoms with Crippen LogP contribution in [0.2, 0.25) is 5.02 Å². The Hall–Kier alpha value is -2.23. The quantitative estimate of drug-likeness (QED) is 0.760. The van der Waals surface area contributed by atoms with Gasteiger partial charge in [-0.1, -0.05) is 11.6 Å². The van der Waals surface area contributed by atoms with E-state index in [1.807, 2.05) is 0 Å². The summed E-state index contributed by atoms with van der Waals surface area (Å²) in [7, 11) is -2.29. The molecule has 2 heterocycles. The van der Waals surface area contributed by atoms with E-state index in [-0.39, 0.29) is 38.7 Å². The van der Waals surface area contributed by atoms with E-state index in [9.17, 15) is 17.6 Å². The molecule has 1 aromatic carbocycles. The van der Waals surface area contributed by atoms with Crippen LogP contribution in [0, 0.1) is 11.7 Å². The normalized spacial score (nSPS) is 16.8. The van der Waals surface area contributed by atoms with Gasteiger partial charge in [-0.2, -0.15) is 0 Å². The van der Waals surface area contributed by atoms with Crippen molar-refractivity contribution >= 4 is 33.2 Å². The summed E-state index contributed by atoms with van der Waals surface area (Å²) in [5, 5.41) is 2.38. The molecular weight excluding hydrogens is 411 g/mol. The van der Waals surface area contributed by atoms with Gasteiger partial charge in [-0.05, 0) is 36.6 Å². The molecule has 2 aromatic rings. The largest absolute Gasteiger partial charge is 0.496 e. The lowest BCUT2D eigenvalue weighted by atomic mass is 10.2. The molecule has 0 unspecified atom stereocenters. The van der Waals surface area contributed by atoms with E-state index in [1.165, 1.54) is 31.5 Å². The molecule has 0 saturated carbocycles. The fourth-order valence-corrected chi connectivity index (χ4v) is 4.65. The molecular formula is C18H18ClFN2O5S. The number of rotatable bonds is 6. The fraction of sp³-hybridized carbons (Fsp3) is 0.333. The zero-order valence-electron chi connectivity index (χ0n) is 14.9. The summed E-state index contributed by atoms with van der Waals surface area (Å²) >= 11 is 5.65. The minimum atomic E-state index is -3.63. The van der Waals surface area contributed by atoms with Gasteiger partial charge >= 0.3 is 0 Å². The number of benzene rings is 1. The van der Waals surface area contributed by atoms with E-state index < -0.39 is 21.6 Å². The van der Waals surface area contributed by atoms with E-state index >= 15 is 0 Å². The molecule has 1 atom stereocenters. The lowest BCUT2D eigenvalue weighted by molar-refractivity contribution is 0.102. The smallest absolute Gasteiger partial charge is 0.260 e. The number of anilines is 1. The number of nitrogens with one attached hydrogen (secondary N) is 1. The topological polar surface area (TPSA) is 94.6 Å². The Bertz CT molecular complexity index is 993. The standard InChI is InChI=1S/C18H18ClFN2O5S/c1-26-16-3-2-13(28(24,25)10-11-4-5-27-9-11)7-14(16)18(23)22-17-15(20)6-12(19)8-21-17/h2-3,6-8,11H,4-5,9-10H2,1H3,(H,21,22,23)/t11-/m0/s1. The van der Waals surface area contributed by atoms with Gasteiger partial charge < -0.3 is 14.8 Å². The Kier molecular flexibility index (Phi) is 6.17. The molecule has 1 aromatic heterocycles. The highest BCUT2D eigenvalue weighted by Crippen LogP contribution is 2.27. The number of hydrogen-bond acceptors (Lipinski definition) is 6. The van der Waals surface area contributed by atoms with Gasteiger partial charge in [0.15, 0.2) is 21.5 Å². The van der Waals surface area contributed by atoms with Gasteiger partial charge in [0.25, 0.3) is 5.91 Å². The maximum absolute atomic E-state index is 13.9. The van der Waals surface area contributed by atoms with Crippen LogP contribution in [0.1, 0.15) is 16.8 Å². The molecule has 0 spiro atoms. The highest BCUT2D eigenvalue weighted by molar-refractivity contribution is 7.91. The molecule has 7 nitrogen and oxygen atoms in total. The van der Waals surface area contributed by atoms with E-state index in [0.29, 0.717) is 19.6 Å². The summed E-state index contributed by atoms with van der Waals surface area (Å²) in [6, 6.07) is 4.99. The second kappa shape index (κ2) is 8.42. The molecule has 3 rings (SSSR count). The molecule has 1 saturated heterocycles.